The predicted molar refractivity (Wildman–Crippen MR) is 87.3 cm³/mol. The van der Waals surface area contributed by atoms with Crippen molar-refractivity contribution in [2.75, 3.05) is 19.3 Å². The standard InChI is InChI=1S/C14H21N3OS2/c1-11-6-7-13(10-15-11)12(2)20(3,18)16-14(19)17-8-4-5-9-17/h6-7,10,12H,4-5,8-9H2,1-3H3. The minimum absolute atomic E-state index is 0.184. The van der Waals surface area contributed by atoms with Crippen molar-refractivity contribution in [3.05, 3.63) is 29.6 Å². The molecule has 0 aliphatic carbocycles. The van der Waals surface area contributed by atoms with Crippen LogP contribution in [0.15, 0.2) is 22.7 Å². The van der Waals surface area contributed by atoms with Gasteiger partial charge in [-0.2, -0.15) is 4.36 Å². The summed E-state index contributed by atoms with van der Waals surface area (Å²) in [5.41, 5.74) is 1.89. The lowest BCUT2D eigenvalue weighted by Crippen LogP contribution is -2.26. The Morgan fingerprint density at radius 2 is 2.10 bits per heavy atom. The molecule has 0 amide bonds. The number of aromatic nitrogens is 1. The second kappa shape index (κ2) is 6.18. The first kappa shape index (κ1) is 15.4. The molecule has 20 heavy (non-hydrogen) atoms. The molecule has 0 N–H and O–H groups in total. The smallest absolute Gasteiger partial charge is 0.204 e. The third kappa shape index (κ3) is 3.55. The molecule has 1 aromatic heterocycles. The molecule has 2 rings (SSSR count). The summed E-state index contributed by atoms with van der Waals surface area (Å²) < 4.78 is 17.2. The summed E-state index contributed by atoms with van der Waals surface area (Å²) in [5, 5.41) is 0.304. The van der Waals surface area contributed by atoms with Crippen LogP contribution >= 0.6 is 12.2 Å². The first-order valence-electron chi connectivity index (χ1n) is 6.82. The van der Waals surface area contributed by atoms with Crippen molar-refractivity contribution >= 4 is 27.1 Å². The topological polar surface area (TPSA) is 45.6 Å². The van der Waals surface area contributed by atoms with Crippen molar-refractivity contribution in [3.8, 4) is 0 Å². The molecule has 6 heteroatoms. The van der Waals surface area contributed by atoms with Crippen LogP contribution in [0.25, 0.3) is 0 Å². The number of hydrogen-bond acceptors (Lipinski definition) is 3. The molecule has 2 unspecified atom stereocenters. The number of thiocarbonyl (C=S) groups is 1. The summed E-state index contributed by atoms with van der Waals surface area (Å²) in [6.07, 6.45) is 5.73. The third-order valence-corrected chi connectivity index (χ3v) is 6.28. The fourth-order valence-corrected chi connectivity index (χ4v) is 4.03. The van der Waals surface area contributed by atoms with Crippen molar-refractivity contribution in [2.45, 2.75) is 31.9 Å². The van der Waals surface area contributed by atoms with E-state index in [2.05, 4.69) is 9.35 Å². The monoisotopic (exact) mass is 311 g/mol. The first-order valence-corrected chi connectivity index (χ1v) is 9.22. The number of pyridine rings is 1. The molecule has 0 bridgehead atoms. The maximum Gasteiger partial charge on any atom is 0.204 e. The molecule has 0 saturated carbocycles. The summed E-state index contributed by atoms with van der Waals surface area (Å²) in [6, 6.07) is 3.89. The van der Waals surface area contributed by atoms with Gasteiger partial charge in [0.15, 0.2) is 0 Å². The largest absolute Gasteiger partial charge is 0.347 e. The van der Waals surface area contributed by atoms with E-state index in [1.54, 1.807) is 12.5 Å². The van der Waals surface area contributed by atoms with Gasteiger partial charge in [0.05, 0.1) is 15.0 Å². The molecule has 0 aromatic carbocycles. The molecule has 1 saturated heterocycles. The summed E-state index contributed by atoms with van der Waals surface area (Å²) in [4.78, 5) is 6.30. The molecule has 0 spiro atoms. The van der Waals surface area contributed by atoms with Crippen molar-refractivity contribution in [3.63, 3.8) is 0 Å². The van der Waals surface area contributed by atoms with E-state index < -0.39 is 9.73 Å². The molecule has 1 aromatic rings. The Labute approximate surface area is 126 Å². The van der Waals surface area contributed by atoms with Gasteiger partial charge >= 0.3 is 0 Å². The van der Waals surface area contributed by atoms with E-state index in [1.807, 2.05) is 30.9 Å². The van der Waals surface area contributed by atoms with Crippen LogP contribution in [0, 0.1) is 6.92 Å². The van der Waals surface area contributed by atoms with Gasteiger partial charge in [-0.05, 0) is 50.5 Å². The van der Waals surface area contributed by atoms with Gasteiger partial charge in [-0.1, -0.05) is 6.07 Å². The van der Waals surface area contributed by atoms with Crippen molar-refractivity contribution in [2.24, 2.45) is 4.36 Å². The van der Waals surface area contributed by atoms with Crippen LogP contribution in [-0.2, 0) is 9.73 Å². The molecular weight excluding hydrogens is 290 g/mol. The zero-order chi connectivity index (χ0) is 14.8. The highest BCUT2D eigenvalue weighted by atomic mass is 32.2. The second-order valence-corrected chi connectivity index (χ2v) is 8.28. The molecule has 1 aliphatic heterocycles. The number of likely N-dealkylation sites (tertiary alicyclic amines) is 1. The Hall–Kier alpha value is -1.01. The van der Waals surface area contributed by atoms with E-state index in [9.17, 15) is 4.21 Å². The van der Waals surface area contributed by atoms with E-state index in [0.29, 0.717) is 5.11 Å². The summed E-state index contributed by atoms with van der Waals surface area (Å²) in [6.45, 7) is 5.71. The predicted octanol–water partition coefficient (Wildman–Crippen LogP) is 2.93. The molecule has 0 radical (unpaired) electrons. The van der Waals surface area contributed by atoms with Crippen molar-refractivity contribution in [1.29, 1.82) is 0 Å². The Balaban J connectivity index is 2.21. The summed E-state index contributed by atoms with van der Waals surface area (Å²) in [7, 11) is -2.41. The molecular formula is C14H21N3OS2. The van der Waals surface area contributed by atoms with Crippen LogP contribution in [0.5, 0.6) is 0 Å². The SMILES string of the molecule is Cc1ccc(C(C)S(C)(=O)=NC(=S)N2CCCC2)cn1. The van der Waals surface area contributed by atoms with E-state index in [-0.39, 0.29) is 5.25 Å². The van der Waals surface area contributed by atoms with Gasteiger partial charge in [0.25, 0.3) is 0 Å². The van der Waals surface area contributed by atoms with Crippen LogP contribution in [-0.4, -0.2) is 38.6 Å². The van der Waals surface area contributed by atoms with E-state index in [4.69, 9.17) is 12.2 Å². The normalized spacial score (nSPS) is 19.4. The highest BCUT2D eigenvalue weighted by molar-refractivity contribution is 7.94. The van der Waals surface area contributed by atoms with Gasteiger partial charge in [0.2, 0.25) is 5.11 Å². The van der Waals surface area contributed by atoms with Gasteiger partial charge in [-0.15, -0.1) is 0 Å². The van der Waals surface area contributed by atoms with Crippen LogP contribution in [0.2, 0.25) is 0 Å². The highest BCUT2D eigenvalue weighted by Gasteiger charge is 2.20. The zero-order valence-electron chi connectivity index (χ0n) is 12.2. The Morgan fingerprint density at radius 1 is 1.45 bits per heavy atom. The Morgan fingerprint density at radius 3 is 2.65 bits per heavy atom. The zero-order valence-corrected chi connectivity index (χ0v) is 13.8. The first-order chi connectivity index (χ1) is 9.40. The number of rotatable bonds is 2. The molecule has 110 valence electrons. The average molecular weight is 311 g/mol. The maximum atomic E-state index is 12.8. The molecule has 2 heterocycles. The van der Waals surface area contributed by atoms with Crippen molar-refractivity contribution in [1.82, 2.24) is 9.88 Å². The van der Waals surface area contributed by atoms with Crippen LogP contribution < -0.4 is 0 Å². The molecule has 1 aliphatic rings. The minimum atomic E-state index is -2.41. The maximum absolute atomic E-state index is 12.8. The Bertz CT molecular complexity index is 597. The van der Waals surface area contributed by atoms with Crippen molar-refractivity contribution < 1.29 is 4.21 Å². The molecule has 2 atom stereocenters. The van der Waals surface area contributed by atoms with Crippen LogP contribution in [0.1, 0.15) is 36.3 Å². The average Bonchev–Trinajstić information content (AvgIpc) is 2.92. The highest BCUT2D eigenvalue weighted by Crippen LogP contribution is 2.23. The third-order valence-electron chi connectivity index (χ3n) is 3.70. The van der Waals surface area contributed by atoms with E-state index in [0.717, 1.165) is 37.2 Å². The second-order valence-electron chi connectivity index (χ2n) is 5.30. The van der Waals surface area contributed by atoms with Gasteiger partial charge < -0.3 is 4.90 Å². The minimum Gasteiger partial charge on any atom is -0.347 e. The fraction of sp³-hybridized carbons (Fsp3) is 0.571. The summed E-state index contributed by atoms with van der Waals surface area (Å²) in [5.74, 6) is 0. The summed E-state index contributed by atoms with van der Waals surface area (Å²) >= 11 is 5.32. The van der Waals surface area contributed by atoms with Gasteiger partial charge in [0, 0.05) is 31.2 Å². The van der Waals surface area contributed by atoms with E-state index in [1.165, 1.54) is 0 Å². The quantitative estimate of drug-likeness (QED) is 0.788. The van der Waals surface area contributed by atoms with Crippen LogP contribution in [0.3, 0.4) is 0 Å². The molecule has 1 fully saturated rings. The fourth-order valence-electron chi connectivity index (χ4n) is 2.17. The number of hydrogen-bond donors (Lipinski definition) is 0. The lowest BCUT2D eigenvalue weighted by Gasteiger charge is -2.18. The van der Waals surface area contributed by atoms with Gasteiger partial charge in [0.1, 0.15) is 0 Å². The lowest BCUT2D eigenvalue weighted by molar-refractivity contribution is 0.524. The van der Waals surface area contributed by atoms with Gasteiger partial charge in [-0.3, -0.25) is 4.98 Å². The van der Waals surface area contributed by atoms with Gasteiger partial charge in [-0.25, -0.2) is 4.21 Å². The lowest BCUT2D eigenvalue weighted by atomic mass is 10.2. The number of nitrogens with zero attached hydrogens (tertiary/aromatic N) is 3. The Kier molecular flexibility index (Phi) is 4.75. The molecule has 4 nitrogen and oxygen atoms in total. The van der Waals surface area contributed by atoms with E-state index >= 15 is 0 Å². The van der Waals surface area contributed by atoms with Crippen LogP contribution in [0.4, 0.5) is 0 Å². The number of aryl methyl sites for hydroxylation is 1.